The quantitative estimate of drug-likeness (QED) is 0.754. The summed E-state index contributed by atoms with van der Waals surface area (Å²) in [7, 11) is 0. The highest BCUT2D eigenvalue weighted by Crippen LogP contribution is 2.26. The molecule has 0 aliphatic rings. The number of carbonyl (C=O) groups is 1. The van der Waals surface area contributed by atoms with Gasteiger partial charge in [-0.1, -0.05) is 0 Å². The molecule has 5 heteroatoms. The van der Waals surface area contributed by atoms with Gasteiger partial charge in [-0.2, -0.15) is 0 Å². The summed E-state index contributed by atoms with van der Waals surface area (Å²) < 4.78 is 7.05. The molecule has 17 heavy (non-hydrogen) atoms. The van der Waals surface area contributed by atoms with Crippen molar-refractivity contribution < 1.29 is 9.53 Å². The van der Waals surface area contributed by atoms with Gasteiger partial charge in [-0.05, 0) is 41.5 Å². The summed E-state index contributed by atoms with van der Waals surface area (Å²) in [5, 5.41) is 8.18. The molecule has 0 radical (unpaired) electrons. The molecule has 0 bridgehead atoms. The predicted octanol–water partition coefficient (Wildman–Crippen LogP) is 2.01. The maximum Gasteiger partial charge on any atom is 0.319 e. The molecule has 0 aliphatic carbocycles. The monoisotopic (exact) mass is 239 g/mol. The average Bonchev–Trinajstić information content (AvgIpc) is 2.61. The number of rotatable bonds is 4. The minimum absolute atomic E-state index is 0.216. The SMILES string of the molecule is CCOC(=O)C(C)(C)c1nnc(C)n1C(C)C. The molecule has 0 spiro atoms. The molecule has 1 heterocycles. The molecule has 1 aromatic heterocycles. The molecule has 0 amide bonds. The van der Waals surface area contributed by atoms with Crippen molar-refractivity contribution in [1.29, 1.82) is 0 Å². The molecule has 0 unspecified atom stereocenters. The molecule has 0 N–H and O–H groups in total. The van der Waals surface area contributed by atoms with Gasteiger partial charge < -0.3 is 9.30 Å². The summed E-state index contributed by atoms with van der Waals surface area (Å²) in [4.78, 5) is 11.9. The Morgan fingerprint density at radius 2 is 2.00 bits per heavy atom. The molecule has 1 rings (SSSR count). The van der Waals surface area contributed by atoms with E-state index in [1.807, 2.05) is 39.2 Å². The highest BCUT2D eigenvalue weighted by molar-refractivity contribution is 5.81. The fraction of sp³-hybridized carbons (Fsp3) is 0.750. The fourth-order valence-electron chi connectivity index (χ4n) is 1.82. The third-order valence-corrected chi connectivity index (χ3v) is 2.73. The molecule has 0 fully saturated rings. The average molecular weight is 239 g/mol. The number of carbonyl (C=O) groups excluding carboxylic acids is 1. The molecule has 0 saturated carbocycles. The lowest BCUT2D eigenvalue weighted by molar-refractivity contribution is -0.149. The van der Waals surface area contributed by atoms with Gasteiger partial charge in [0.15, 0.2) is 0 Å². The van der Waals surface area contributed by atoms with Gasteiger partial charge in [0.25, 0.3) is 0 Å². The van der Waals surface area contributed by atoms with E-state index < -0.39 is 5.41 Å². The van der Waals surface area contributed by atoms with Gasteiger partial charge in [0.2, 0.25) is 0 Å². The lowest BCUT2D eigenvalue weighted by Crippen LogP contribution is -2.35. The number of hydrogen-bond acceptors (Lipinski definition) is 4. The van der Waals surface area contributed by atoms with Crippen molar-refractivity contribution in [1.82, 2.24) is 14.8 Å². The number of nitrogens with zero attached hydrogens (tertiary/aromatic N) is 3. The van der Waals surface area contributed by atoms with E-state index in [1.165, 1.54) is 0 Å². The number of hydrogen-bond donors (Lipinski definition) is 0. The van der Waals surface area contributed by atoms with E-state index in [9.17, 15) is 4.79 Å². The molecular formula is C12H21N3O2. The standard InChI is InChI=1S/C12H21N3O2/c1-7-17-11(16)12(5,6)10-14-13-9(4)15(10)8(2)3/h8H,7H2,1-6H3. The first-order valence-electron chi connectivity index (χ1n) is 5.91. The van der Waals surface area contributed by atoms with E-state index in [-0.39, 0.29) is 12.0 Å². The zero-order chi connectivity index (χ0) is 13.2. The number of ether oxygens (including phenoxy) is 1. The Balaban J connectivity index is 3.19. The molecule has 0 aliphatic heterocycles. The molecule has 0 atom stereocenters. The second-order valence-corrected chi connectivity index (χ2v) is 4.88. The summed E-state index contributed by atoms with van der Waals surface area (Å²) in [6, 6.07) is 0.216. The van der Waals surface area contributed by atoms with Gasteiger partial charge >= 0.3 is 5.97 Å². The van der Waals surface area contributed by atoms with E-state index >= 15 is 0 Å². The van der Waals surface area contributed by atoms with Crippen LogP contribution in [0.4, 0.5) is 0 Å². The van der Waals surface area contributed by atoms with Gasteiger partial charge in [-0.15, -0.1) is 10.2 Å². The van der Waals surface area contributed by atoms with Gasteiger partial charge in [-0.25, -0.2) is 0 Å². The molecule has 1 aromatic rings. The molecule has 5 nitrogen and oxygen atoms in total. The number of esters is 1. The van der Waals surface area contributed by atoms with Crippen LogP contribution in [0.2, 0.25) is 0 Å². The van der Waals surface area contributed by atoms with Crippen molar-refractivity contribution in [2.75, 3.05) is 6.61 Å². The summed E-state index contributed by atoms with van der Waals surface area (Å²) >= 11 is 0. The Morgan fingerprint density at radius 3 is 2.47 bits per heavy atom. The predicted molar refractivity (Wildman–Crippen MR) is 64.8 cm³/mol. The summed E-state index contributed by atoms with van der Waals surface area (Å²) in [6.45, 7) is 11.8. The van der Waals surface area contributed by atoms with E-state index in [4.69, 9.17) is 4.74 Å². The highest BCUT2D eigenvalue weighted by Gasteiger charge is 2.37. The zero-order valence-electron chi connectivity index (χ0n) is 11.4. The Labute approximate surface area is 102 Å². The van der Waals surface area contributed by atoms with E-state index in [2.05, 4.69) is 10.2 Å². The smallest absolute Gasteiger partial charge is 0.319 e. The van der Waals surface area contributed by atoms with Crippen molar-refractivity contribution in [2.45, 2.75) is 53.0 Å². The first-order valence-corrected chi connectivity index (χ1v) is 5.91. The van der Waals surface area contributed by atoms with Crippen molar-refractivity contribution in [3.8, 4) is 0 Å². The molecule has 96 valence electrons. The van der Waals surface area contributed by atoms with Gasteiger partial charge in [-0.3, -0.25) is 4.79 Å². The fourth-order valence-corrected chi connectivity index (χ4v) is 1.82. The van der Waals surface area contributed by atoms with Crippen LogP contribution in [0.15, 0.2) is 0 Å². The molecular weight excluding hydrogens is 218 g/mol. The van der Waals surface area contributed by atoms with Crippen molar-refractivity contribution in [3.05, 3.63) is 11.6 Å². The lowest BCUT2D eigenvalue weighted by atomic mass is 9.92. The largest absolute Gasteiger partial charge is 0.465 e. The summed E-state index contributed by atoms with van der Waals surface area (Å²) in [5.41, 5.74) is -0.776. The van der Waals surface area contributed by atoms with Gasteiger partial charge in [0.1, 0.15) is 17.1 Å². The van der Waals surface area contributed by atoms with Gasteiger partial charge in [0.05, 0.1) is 6.61 Å². The zero-order valence-corrected chi connectivity index (χ0v) is 11.4. The van der Waals surface area contributed by atoms with E-state index in [1.54, 1.807) is 6.92 Å². The third-order valence-electron chi connectivity index (χ3n) is 2.73. The van der Waals surface area contributed by atoms with Crippen LogP contribution in [0.25, 0.3) is 0 Å². The van der Waals surface area contributed by atoms with Crippen LogP contribution < -0.4 is 0 Å². The Bertz CT molecular complexity index is 408. The normalized spacial score (nSPS) is 11.9. The van der Waals surface area contributed by atoms with Crippen molar-refractivity contribution in [2.24, 2.45) is 0 Å². The first kappa shape index (κ1) is 13.7. The second-order valence-electron chi connectivity index (χ2n) is 4.88. The Hall–Kier alpha value is -1.39. The third kappa shape index (κ3) is 2.48. The maximum atomic E-state index is 11.9. The Kier molecular flexibility index (Phi) is 3.91. The maximum absolute atomic E-state index is 11.9. The van der Waals surface area contributed by atoms with Crippen molar-refractivity contribution in [3.63, 3.8) is 0 Å². The minimum atomic E-state index is -0.776. The van der Waals surface area contributed by atoms with Crippen LogP contribution in [0.5, 0.6) is 0 Å². The molecule has 0 saturated heterocycles. The second kappa shape index (κ2) is 4.85. The van der Waals surface area contributed by atoms with E-state index in [0.29, 0.717) is 12.4 Å². The van der Waals surface area contributed by atoms with Crippen LogP contribution in [-0.2, 0) is 14.9 Å². The lowest BCUT2D eigenvalue weighted by Gasteiger charge is -2.24. The first-order chi connectivity index (χ1) is 7.82. The highest BCUT2D eigenvalue weighted by atomic mass is 16.5. The van der Waals surface area contributed by atoms with Crippen LogP contribution in [0.3, 0.4) is 0 Å². The van der Waals surface area contributed by atoms with Crippen LogP contribution in [0.1, 0.15) is 52.3 Å². The minimum Gasteiger partial charge on any atom is -0.465 e. The van der Waals surface area contributed by atoms with Crippen LogP contribution >= 0.6 is 0 Å². The van der Waals surface area contributed by atoms with Crippen molar-refractivity contribution >= 4 is 5.97 Å². The number of aryl methyl sites for hydroxylation is 1. The van der Waals surface area contributed by atoms with Crippen LogP contribution in [-0.4, -0.2) is 27.3 Å². The summed E-state index contributed by atoms with van der Waals surface area (Å²) in [5.74, 6) is 1.20. The van der Waals surface area contributed by atoms with E-state index in [0.717, 1.165) is 5.82 Å². The summed E-state index contributed by atoms with van der Waals surface area (Å²) in [6.07, 6.45) is 0. The topological polar surface area (TPSA) is 57.0 Å². The molecule has 0 aromatic carbocycles. The van der Waals surface area contributed by atoms with Gasteiger partial charge in [0, 0.05) is 6.04 Å². The Morgan fingerprint density at radius 1 is 1.41 bits per heavy atom. The number of aromatic nitrogens is 3. The van der Waals surface area contributed by atoms with Crippen LogP contribution in [0, 0.1) is 6.92 Å².